The molecule has 0 saturated carbocycles. The maximum absolute atomic E-state index is 11.0. The van der Waals surface area contributed by atoms with Gasteiger partial charge < -0.3 is 14.7 Å². The van der Waals surface area contributed by atoms with E-state index in [2.05, 4.69) is 4.74 Å². The number of carbonyl (C=O) groups is 2. The van der Waals surface area contributed by atoms with Crippen LogP contribution in [0.25, 0.3) is 0 Å². The zero-order chi connectivity index (χ0) is 9.84. The zero-order valence-electron chi connectivity index (χ0n) is 7.32. The Morgan fingerprint density at radius 2 is 2.31 bits per heavy atom. The van der Waals surface area contributed by atoms with Gasteiger partial charge in [0.1, 0.15) is 0 Å². The summed E-state index contributed by atoms with van der Waals surface area (Å²) in [6.45, 7) is 0.644. The first-order valence-electron chi connectivity index (χ1n) is 3.90. The molecule has 0 saturated heterocycles. The highest BCUT2D eigenvalue weighted by molar-refractivity contribution is 5.88. The van der Waals surface area contributed by atoms with Gasteiger partial charge in [-0.3, -0.25) is 0 Å². The predicted octanol–water partition coefficient (Wildman–Crippen LogP) is 0.470. The number of carbonyl (C=O) groups excluding carboxylic acids is 1. The summed E-state index contributed by atoms with van der Waals surface area (Å²) in [5, 5.41) is 8.66. The maximum atomic E-state index is 11.0. The van der Waals surface area contributed by atoms with Gasteiger partial charge in [-0.25, -0.2) is 9.59 Å². The van der Waals surface area contributed by atoms with Crippen molar-refractivity contribution >= 4 is 12.1 Å². The fraction of sp³-hybridized carbons (Fsp3) is 0.500. The lowest BCUT2D eigenvalue weighted by Gasteiger charge is -2.24. The summed E-state index contributed by atoms with van der Waals surface area (Å²) in [7, 11) is 1.28. The normalized spacial score (nSPS) is 16.4. The summed E-state index contributed by atoms with van der Waals surface area (Å²) in [6.07, 6.45) is 1.71. The van der Waals surface area contributed by atoms with Gasteiger partial charge in [-0.1, -0.05) is 6.08 Å². The van der Waals surface area contributed by atoms with Crippen LogP contribution in [0.5, 0.6) is 0 Å². The minimum atomic E-state index is -0.978. The Morgan fingerprint density at radius 1 is 1.62 bits per heavy atom. The van der Waals surface area contributed by atoms with Crippen molar-refractivity contribution in [3.63, 3.8) is 0 Å². The summed E-state index contributed by atoms with van der Waals surface area (Å²) in [5.41, 5.74) is 0.247. The van der Waals surface area contributed by atoms with Gasteiger partial charge in [0.15, 0.2) is 0 Å². The quantitative estimate of drug-likeness (QED) is 0.644. The highest BCUT2D eigenvalue weighted by Crippen LogP contribution is 2.10. The van der Waals surface area contributed by atoms with Crippen LogP contribution < -0.4 is 0 Å². The molecule has 5 heteroatoms. The van der Waals surface area contributed by atoms with Crippen molar-refractivity contribution in [1.29, 1.82) is 0 Å². The number of nitrogens with zero attached hydrogens (tertiary/aromatic N) is 1. The molecule has 0 fully saturated rings. The number of hydrogen-bond acceptors (Lipinski definition) is 3. The number of rotatable bonds is 1. The topological polar surface area (TPSA) is 66.8 Å². The van der Waals surface area contributed by atoms with Gasteiger partial charge in [0.25, 0.3) is 0 Å². The Bertz CT molecular complexity index is 259. The van der Waals surface area contributed by atoms with E-state index < -0.39 is 12.1 Å². The molecule has 0 unspecified atom stereocenters. The first-order chi connectivity index (χ1) is 6.15. The van der Waals surface area contributed by atoms with E-state index in [-0.39, 0.29) is 12.1 Å². The van der Waals surface area contributed by atoms with Gasteiger partial charge in [0.05, 0.1) is 19.2 Å². The van der Waals surface area contributed by atoms with Crippen LogP contribution in [0.1, 0.15) is 6.42 Å². The average Bonchev–Trinajstić information content (AvgIpc) is 2.17. The van der Waals surface area contributed by atoms with Gasteiger partial charge in [0, 0.05) is 6.54 Å². The molecule has 1 aliphatic heterocycles. The van der Waals surface area contributed by atoms with E-state index in [1.807, 2.05) is 0 Å². The number of carboxylic acids is 1. The van der Waals surface area contributed by atoms with Crippen molar-refractivity contribution in [1.82, 2.24) is 4.90 Å². The minimum absolute atomic E-state index is 0.127. The Balaban J connectivity index is 2.62. The molecule has 5 nitrogen and oxygen atoms in total. The van der Waals surface area contributed by atoms with E-state index in [1.165, 1.54) is 12.0 Å². The van der Waals surface area contributed by atoms with Crippen LogP contribution in [0.2, 0.25) is 0 Å². The zero-order valence-corrected chi connectivity index (χ0v) is 7.32. The Labute approximate surface area is 75.6 Å². The molecule has 13 heavy (non-hydrogen) atoms. The Hall–Kier alpha value is -1.52. The molecular formula is C8H11NO4. The lowest BCUT2D eigenvalue weighted by Crippen LogP contribution is -2.37. The smallest absolute Gasteiger partial charge is 0.409 e. The fourth-order valence-electron chi connectivity index (χ4n) is 1.18. The van der Waals surface area contributed by atoms with E-state index in [4.69, 9.17) is 5.11 Å². The highest BCUT2D eigenvalue weighted by Gasteiger charge is 2.21. The molecule has 0 aliphatic carbocycles. The van der Waals surface area contributed by atoms with Crippen LogP contribution in [0.15, 0.2) is 11.6 Å². The molecule has 0 spiro atoms. The lowest BCUT2D eigenvalue weighted by atomic mass is 10.1. The number of carboxylic acid groups (broad SMARTS) is 1. The lowest BCUT2D eigenvalue weighted by molar-refractivity contribution is -0.133. The summed E-state index contributed by atoms with van der Waals surface area (Å²) < 4.78 is 4.48. The molecular weight excluding hydrogens is 174 g/mol. The van der Waals surface area contributed by atoms with Crippen LogP contribution in [-0.2, 0) is 9.53 Å². The first-order valence-corrected chi connectivity index (χ1v) is 3.90. The Kier molecular flexibility index (Phi) is 2.89. The summed E-state index contributed by atoms with van der Waals surface area (Å²) >= 11 is 0. The molecule has 0 atom stereocenters. The van der Waals surface area contributed by atoms with Crippen LogP contribution in [0.3, 0.4) is 0 Å². The second-order valence-corrected chi connectivity index (χ2v) is 2.71. The highest BCUT2D eigenvalue weighted by atomic mass is 16.5. The van der Waals surface area contributed by atoms with E-state index in [1.54, 1.807) is 6.08 Å². The van der Waals surface area contributed by atoms with E-state index >= 15 is 0 Å². The van der Waals surface area contributed by atoms with Crippen LogP contribution in [0, 0.1) is 0 Å². The second-order valence-electron chi connectivity index (χ2n) is 2.71. The maximum Gasteiger partial charge on any atom is 0.409 e. The largest absolute Gasteiger partial charge is 0.478 e. The van der Waals surface area contributed by atoms with Crippen molar-refractivity contribution in [2.24, 2.45) is 0 Å². The number of ether oxygens (including phenoxy) is 1. The fourth-order valence-corrected chi connectivity index (χ4v) is 1.18. The summed E-state index contributed by atoms with van der Waals surface area (Å²) in [4.78, 5) is 22.9. The molecule has 72 valence electrons. The summed E-state index contributed by atoms with van der Waals surface area (Å²) in [6, 6.07) is 0. The molecule has 0 radical (unpaired) electrons. The molecule has 1 amide bonds. The van der Waals surface area contributed by atoms with Gasteiger partial charge in [0.2, 0.25) is 0 Å². The van der Waals surface area contributed by atoms with Gasteiger partial charge in [-0.15, -0.1) is 0 Å². The molecule has 1 aliphatic rings. The SMILES string of the molecule is COC(=O)N1CCC=C(C(=O)O)C1. The molecule has 0 aromatic heterocycles. The third-order valence-electron chi connectivity index (χ3n) is 1.86. The van der Waals surface area contributed by atoms with Gasteiger partial charge >= 0.3 is 12.1 Å². The monoisotopic (exact) mass is 185 g/mol. The van der Waals surface area contributed by atoms with Crippen molar-refractivity contribution in [3.8, 4) is 0 Å². The molecule has 0 bridgehead atoms. The van der Waals surface area contributed by atoms with Crippen molar-refractivity contribution in [3.05, 3.63) is 11.6 Å². The molecule has 0 aromatic carbocycles. The third kappa shape index (κ3) is 2.21. The van der Waals surface area contributed by atoms with Crippen molar-refractivity contribution < 1.29 is 19.4 Å². The number of methoxy groups -OCH3 is 1. The molecule has 1 N–H and O–H groups in total. The first kappa shape index (κ1) is 9.57. The van der Waals surface area contributed by atoms with Crippen molar-refractivity contribution in [2.45, 2.75) is 6.42 Å². The van der Waals surface area contributed by atoms with E-state index in [9.17, 15) is 9.59 Å². The molecule has 1 rings (SSSR count). The van der Waals surface area contributed by atoms with E-state index in [0.717, 1.165) is 0 Å². The molecule has 0 aromatic rings. The Morgan fingerprint density at radius 3 is 2.85 bits per heavy atom. The number of hydrogen-bond donors (Lipinski definition) is 1. The number of aliphatic carboxylic acids is 1. The minimum Gasteiger partial charge on any atom is -0.478 e. The standard InChI is InChI=1S/C8H11NO4/c1-13-8(12)9-4-2-3-6(5-9)7(10)11/h3H,2,4-5H2,1H3,(H,10,11). The third-order valence-corrected chi connectivity index (χ3v) is 1.86. The van der Waals surface area contributed by atoms with Crippen molar-refractivity contribution in [2.75, 3.05) is 20.2 Å². The summed E-state index contributed by atoms with van der Waals surface area (Å²) in [5.74, 6) is -0.978. The van der Waals surface area contributed by atoms with Crippen LogP contribution in [-0.4, -0.2) is 42.3 Å². The second kappa shape index (κ2) is 3.93. The average molecular weight is 185 g/mol. The molecule has 1 heterocycles. The van der Waals surface area contributed by atoms with Crippen LogP contribution in [0.4, 0.5) is 4.79 Å². The predicted molar refractivity (Wildman–Crippen MR) is 44.3 cm³/mol. The number of amides is 1. The van der Waals surface area contributed by atoms with Gasteiger partial charge in [-0.05, 0) is 6.42 Å². The van der Waals surface area contributed by atoms with E-state index in [0.29, 0.717) is 13.0 Å². The van der Waals surface area contributed by atoms with Gasteiger partial charge in [-0.2, -0.15) is 0 Å². The van der Waals surface area contributed by atoms with Crippen LogP contribution >= 0.6 is 0 Å².